The first-order valence-electron chi connectivity index (χ1n) is 15.6. The maximum Gasteiger partial charge on any atom is 0.407 e. The van der Waals surface area contributed by atoms with Gasteiger partial charge in [-0.1, -0.05) is 0 Å². The molecule has 2 aromatic heterocycles. The van der Waals surface area contributed by atoms with Crippen molar-refractivity contribution in [1.29, 1.82) is 0 Å². The molecule has 2 heterocycles. The summed E-state index contributed by atoms with van der Waals surface area (Å²) in [6.07, 6.45) is 4.05. The smallest absolute Gasteiger partial charge is 0.407 e. The molecule has 8 N–H and O–H groups in total. The van der Waals surface area contributed by atoms with Gasteiger partial charge >= 0.3 is 12.1 Å². The standard InChI is InChI=1S/C32H37N9O7/c33-25(42)12-11-24(30(45)46)41(14-13-35-32(47)48-17-23-21-5-3-1-2-4-6-22(21)23)29(44)18-7-9-19(10-8-18)36-15-20-16-37-27-26(38-20)28(43)40-31(34)39-27/h7-10,16,21-24,36H,3-6,11-15,17H2,(H2,33,42)(H,35,47)(H,45,46)(H3,34,37,39,40,43)/t21-,22+,23?,24-/m0/s1. The predicted molar refractivity (Wildman–Crippen MR) is 173 cm³/mol. The molecule has 48 heavy (non-hydrogen) atoms. The van der Waals surface area contributed by atoms with Gasteiger partial charge < -0.3 is 36.8 Å². The highest BCUT2D eigenvalue weighted by atomic mass is 16.5. The van der Waals surface area contributed by atoms with Gasteiger partial charge in [0.2, 0.25) is 11.9 Å². The van der Waals surface area contributed by atoms with Crippen molar-refractivity contribution in [1.82, 2.24) is 30.2 Å². The fraction of sp³-hybridized carbons (Fsp3) is 0.438. The monoisotopic (exact) mass is 659 g/mol. The Morgan fingerprint density at radius 2 is 1.81 bits per heavy atom. The van der Waals surface area contributed by atoms with Gasteiger partial charge in [-0.25, -0.2) is 19.6 Å². The van der Waals surface area contributed by atoms with Crippen LogP contribution in [0.25, 0.3) is 11.2 Å². The summed E-state index contributed by atoms with van der Waals surface area (Å²) >= 11 is 0. The van der Waals surface area contributed by atoms with E-state index in [0.29, 0.717) is 35.7 Å². The molecule has 2 aliphatic rings. The van der Waals surface area contributed by atoms with Crippen molar-refractivity contribution in [2.75, 3.05) is 30.7 Å². The number of rotatable bonds is 14. The van der Waals surface area contributed by atoms with Crippen LogP contribution in [0.15, 0.2) is 35.3 Å². The Morgan fingerprint density at radius 1 is 1.10 bits per heavy atom. The number of H-pyrrole nitrogens is 1. The number of carboxylic acids is 1. The Labute approximate surface area is 275 Å². The van der Waals surface area contributed by atoms with E-state index in [-0.39, 0.29) is 55.2 Å². The maximum atomic E-state index is 13.6. The van der Waals surface area contributed by atoms with Crippen molar-refractivity contribution in [2.45, 2.75) is 51.1 Å². The van der Waals surface area contributed by atoms with Crippen LogP contribution in [-0.2, 0) is 20.9 Å². The van der Waals surface area contributed by atoms with Crippen molar-refractivity contribution in [3.63, 3.8) is 0 Å². The molecule has 0 radical (unpaired) electrons. The number of nitrogens with zero attached hydrogens (tertiary/aromatic N) is 4. The molecule has 16 nitrogen and oxygen atoms in total. The minimum atomic E-state index is -1.37. The topological polar surface area (TPSA) is 249 Å². The molecule has 0 spiro atoms. The number of hydrogen-bond acceptors (Lipinski definition) is 11. The van der Waals surface area contributed by atoms with Crippen LogP contribution >= 0.6 is 0 Å². The molecule has 3 aromatic rings. The summed E-state index contributed by atoms with van der Waals surface area (Å²) in [5, 5.41) is 15.7. The number of carbonyl (C=O) groups is 4. The quantitative estimate of drug-likeness (QED) is 0.134. The second kappa shape index (κ2) is 15.2. The number of hydrogen-bond donors (Lipinski definition) is 6. The van der Waals surface area contributed by atoms with Gasteiger partial charge in [-0.2, -0.15) is 4.98 Å². The Morgan fingerprint density at radius 3 is 2.48 bits per heavy atom. The molecule has 16 heteroatoms. The van der Waals surface area contributed by atoms with Crippen molar-refractivity contribution in [3.05, 3.63) is 52.1 Å². The summed E-state index contributed by atoms with van der Waals surface area (Å²) in [5.74, 6) is 4.94. The first-order valence-corrected chi connectivity index (χ1v) is 15.6. The molecule has 4 atom stereocenters. The van der Waals surface area contributed by atoms with E-state index in [1.54, 1.807) is 12.1 Å². The lowest BCUT2D eigenvalue weighted by atomic mass is 10.1. The van der Waals surface area contributed by atoms with Gasteiger partial charge in [-0.15, -0.1) is 11.8 Å². The minimum absolute atomic E-state index is 0.0403. The summed E-state index contributed by atoms with van der Waals surface area (Å²) in [4.78, 5) is 77.7. The number of amides is 3. The lowest BCUT2D eigenvalue weighted by molar-refractivity contribution is -0.142. The van der Waals surface area contributed by atoms with Gasteiger partial charge in [0.1, 0.15) is 6.04 Å². The Bertz CT molecular complexity index is 1780. The van der Waals surface area contributed by atoms with E-state index in [9.17, 15) is 29.1 Å². The van der Waals surface area contributed by atoms with Crippen molar-refractivity contribution >= 4 is 46.7 Å². The van der Waals surface area contributed by atoms with Gasteiger partial charge in [0.15, 0.2) is 11.2 Å². The molecular formula is C32H37N9O7. The number of aliphatic carboxylic acids is 1. The highest BCUT2D eigenvalue weighted by Crippen LogP contribution is 2.52. The van der Waals surface area contributed by atoms with Crippen molar-refractivity contribution in [3.8, 4) is 11.8 Å². The van der Waals surface area contributed by atoms with Crippen LogP contribution in [0, 0.1) is 29.6 Å². The van der Waals surface area contributed by atoms with Gasteiger partial charge in [0.25, 0.3) is 11.5 Å². The number of nitrogen functional groups attached to an aromatic ring is 1. The first-order chi connectivity index (χ1) is 23.1. The number of aromatic nitrogens is 4. The van der Waals surface area contributed by atoms with E-state index in [4.69, 9.17) is 16.2 Å². The van der Waals surface area contributed by atoms with Crippen LogP contribution in [0.4, 0.5) is 16.4 Å². The summed E-state index contributed by atoms with van der Waals surface area (Å²) in [6.45, 7) is 0.251. The van der Waals surface area contributed by atoms with Gasteiger partial charge in [-0.05, 0) is 61.3 Å². The molecule has 3 amide bonds. The number of aromatic amines is 1. The number of carboxylic acid groups (broad SMARTS) is 1. The number of benzene rings is 1. The molecule has 0 aliphatic heterocycles. The Hall–Kier alpha value is -5.72. The average molecular weight is 660 g/mol. The van der Waals surface area contributed by atoms with Gasteiger partial charge in [0, 0.05) is 43.6 Å². The largest absolute Gasteiger partial charge is 0.480 e. The second-order valence-electron chi connectivity index (χ2n) is 11.7. The summed E-state index contributed by atoms with van der Waals surface area (Å²) < 4.78 is 5.44. The van der Waals surface area contributed by atoms with Crippen LogP contribution in [0.2, 0.25) is 0 Å². The number of nitrogens with one attached hydrogen (secondary N) is 3. The normalized spacial score (nSPS) is 18.5. The maximum absolute atomic E-state index is 13.6. The molecule has 252 valence electrons. The van der Waals surface area contributed by atoms with Crippen LogP contribution in [0.1, 0.15) is 54.6 Å². The molecule has 2 aliphatic carbocycles. The van der Waals surface area contributed by atoms with Crippen LogP contribution in [-0.4, -0.2) is 79.6 Å². The van der Waals surface area contributed by atoms with Crippen LogP contribution in [0.5, 0.6) is 0 Å². The molecule has 1 aromatic carbocycles. The van der Waals surface area contributed by atoms with Crippen molar-refractivity contribution < 1.29 is 29.0 Å². The molecule has 1 fully saturated rings. The number of carbonyl (C=O) groups excluding carboxylic acids is 3. The highest BCUT2D eigenvalue weighted by Gasteiger charge is 2.49. The number of nitrogens with two attached hydrogens (primary N) is 2. The lowest BCUT2D eigenvalue weighted by Gasteiger charge is -2.29. The van der Waals surface area contributed by atoms with Crippen LogP contribution in [0.3, 0.4) is 0 Å². The number of primary amides is 1. The van der Waals surface area contributed by atoms with Crippen molar-refractivity contribution in [2.24, 2.45) is 23.5 Å². The molecule has 1 unspecified atom stereocenters. The number of anilines is 2. The minimum Gasteiger partial charge on any atom is -0.480 e. The number of alkyl carbamates (subject to hydrolysis) is 1. The zero-order chi connectivity index (χ0) is 34.2. The lowest BCUT2D eigenvalue weighted by Crippen LogP contribution is -2.48. The van der Waals surface area contributed by atoms with Gasteiger partial charge in [-0.3, -0.25) is 19.4 Å². The molecule has 1 saturated carbocycles. The average Bonchev–Trinajstić information content (AvgIpc) is 3.70. The molecule has 0 bridgehead atoms. The third kappa shape index (κ3) is 8.55. The number of ether oxygens (including phenoxy) is 1. The third-order valence-electron chi connectivity index (χ3n) is 8.55. The zero-order valence-corrected chi connectivity index (χ0v) is 26.1. The third-order valence-corrected chi connectivity index (χ3v) is 8.55. The zero-order valence-electron chi connectivity index (χ0n) is 26.1. The van der Waals surface area contributed by atoms with E-state index in [2.05, 4.69) is 42.4 Å². The van der Waals surface area contributed by atoms with Crippen LogP contribution < -0.4 is 27.7 Å². The van der Waals surface area contributed by atoms with E-state index in [1.165, 1.54) is 18.3 Å². The first kappa shape index (κ1) is 33.6. The Balaban J connectivity index is 1.19. The fourth-order valence-electron chi connectivity index (χ4n) is 6.02. The second-order valence-corrected chi connectivity index (χ2v) is 11.7. The van der Waals surface area contributed by atoms with E-state index < -0.39 is 35.5 Å². The molecular weight excluding hydrogens is 622 g/mol. The summed E-state index contributed by atoms with van der Waals surface area (Å²) in [6, 6.07) is 4.90. The van der Waals surface area contributed by atoms with E-state index >= 15 is 0 Å². The predicted octanol–water partition coefficient (Wildman–Crippen LogP) is 1.23. The summed E-state index contributed by atoms with van der Waals surface area (Å²) in [5.41, 5.74) is 11.7. The fourth-order valence-corrected chi connectivity index (χ4v) is 6.02. The Kier molecular flexibility index (Phi) is 10.7. The van der Waals surface area contributed by atoms with E-state index in [1.807, 2.05) is 0 Å². The SMILES string of the molecule is NC(=O)CC[C@@H](C(=O)O)N(CCNC(=O)OCC1[C@H]2CCC#CCC[C@@H]12)C(=O)c1ccc(NCc2cnc3nc(N)[nH]c(=O)c3n2)cc1. The number of fused-ring (bicyclic) bond motifs is 2. The van der Waals surface area contributed by atoms with Gasteiger partial charge in [0.05, 0.1) is 25.0 Å². The molecule has 0 saturated heterocycles. The highest BCUT2D eigenvalue weighted by molar-refractivity contribution is 5.97. The molecule has 5 rings (SSSR count). The van der Waals surface area contributed by atoms with E-state index in [0.717, 1.165) is 30.6 Å². The summed E-state index contributed by atoms with van der Waals surface area (Å²) in [7, 11) is 0.